The zero-order valence-corrected chi connectivity index (χ0v) is 13.8. The van der Waals surface area contributed by atoms with Gasteiger partial charge in [-0.05, 0) is 24.3 Å². The second-order valence-electron chi connectivity index (χ2n) is 5.80. The number of carbonyl (C=O) groups is 2. The van der Waals surface area contributed by atoms with Gasteiger partial charge in [-0.2, -0.15) is 5.26 Å². The summed E-state index contributed by atoms with van der Waals surface area (Å²) in [6, 6.07) is 5.75. The second kappa shape index (κ2) is 7.36. The molecular weight excluding hydrogens is 326 g/mol. The van der Waals surface area contributed by atoms with E-state index in [2.05, 4.69) is 15.6 Å². The third-order valence-electron chi connectivity index (χ3n) is 4.04. The SMILES string of the molecule is N#C[C@H](C(=O)NC1CCCC1)C(=O)c1cn(Cc2cccs2)nn1. The van der Waals surface area contributed by atoms with Gasteiger partial charge in [0.2, 0.25) is 11.7 Å². The minimum absolute atomic E-state index is 0.0414. The molecule has 0 unspecified atom stereocenters. The standard InChI is InChI=1S/C16H17N5O2S/c17-8-13(16(23)18-11-4-1-2-5-11)15(22)14-10-21(20-19-14)9-12-6-3-7-24-12/h3,6-7,10-11,13H,1-2,4-5,9H2,(H,18,23)/t13-/m0/s1. The van der Waals surface area contributed by atoms with Crippen LogP contribution in [0.15, 0.2) is 23.7 Å². The number of nitriles is 1. The first kappa shape index (κ1) is 16.3. The maximum Gasteiger partial charge on any atom is 0.245 e. The lowest BCUT2D eigenvalue weighted by molar-refractivity contribution is -0.122. The van der Waals surface area contributed by atoms with E-state index in [0.29, 0.717) is 6.54 Å². The van der Waals surface area contributed by atoms with Crippen LogP contribution >= 0.6 is 11.3 Å². The van der Waals surface area contributed by atoms with Crippen molar-refractivity contribution in [2.24, 2.45) is 5.92 Å². The molecule has 0 bridgehead atoms. The van der Waals surface area contributed by atoms with Crippen LogP contribution in [-0.4, -0.2) is 32.7 Å². The van der Waals surface area contributed by atoms with Crippen molar-refractivity contribution in [1.82, 2.24) is 20.3 Å². The third-order valence-corrected chi connectivity index (χ3v) is 4.91. The van der Waals surface area contributed by atoms with E-state index in [1.165, 1.54) is 10.9 Å². The highest BCUT2D eigenvalue weighted by atomic mass is 32.1. The Hall–Kier alpha value is -2.53. The minimum atomic E-state index is -1.38. The Bertz CT molecular complexity index is 756. The molecule has 1 aliphatic carbocycles. The predicted octanol–water partition coefficient (Wildman–Crippen LogP) is 1.77. The summed E-state index contributed by atoms with van der Waals surface area (Å²) in [5.74, 6) is -2.52. The highest BCUT2D eigenvalue weighted by Crippen LogP contribution is 2.18. The Balaban J connectivity index is 1.66. The van der Waals surface area contributed by atoms with E-state index in [4.69, 9.17) is 0 Å². The van der Waals surface area contributed by atoms with Crippen LogP contribution in [0.25, 0.3) is 0 Å². The van der Waals surface area contributed by atoms with Crippen LogP contribution in [0.3, 0.4) is 0 Å². The van der Waals surface area contributed by atoms with Crippen LogP contribution in [0.5, 0.6) is 0 Å². The van der Waals surface area contributed by atoms with Gasteiger partial charge in [0.15, 0.2) is 11.6 Å². The molecule has 24 heavy (non-hydrogen) atoms. The van der Waals surface area contributed by atoms with Gasteiger partial charge in [-0.15, -0.1) is 16.4 Å². The number of hydrogen-bond acceptors (Lipinski definition) is 6. The zero-order valence-electron chi connectivity index (χ0n) is 13.0. The average molecular weight is 343 g/mol. The minimum Gasteiger partial charge on any atom is -0.352 e. The molecule has 0 aromatic carbocycles. The Morgan fingerprint density at radius 2 is 2.25 bits per heavy atom. The number of amides is 1. The van der Waals surface area contributed by atoms with Gasteiger partial charge in [0.05, 0.1) is 18.8 Å². The molecule has 1 amide bonds. The van der Waals surface area contributed by atoms with E-state index in [-0.39, 0.29) is 11.7 Å². The lowest BCUT2D eigenvalue weighted by atomic mass is 10.0. The molecule has 0 saturated heterocycles. The number of Topliss-reactive ketones (excluding diaryl/α,β-unsaturated/α-hetero) is 1. The molecule has 0 radical (unpaired) electrons. The number of ketones is 1. The van der Waals surface area contributed by atoms with E-state index in [1.54, 1.807) is 17.4 Å². The zero-order chi connectivity index (χ0) is 16.9. The number of thiophene rings is 1. The summed E-state index contributed by atoms with van der Waals surface area (Å²) in [5.41, 5.74) is 0.0414. The van der Waals surface area contributed by atoms with Crippen molar-refractivity contribution in [3.05, 3.63) is 34.3 Å². The largest absolute Gasteiger partial charge is 0.352 e. The van der Waals surface area contributed by atoms with Gasteiger partial charge in [0, 0.05) is 10.9 Å². The van der Waals surface area contributed by atoms with Gasteiger partial charge in [-0.3, -0.25) is 9.59 Å². The summed E-state index contributed by atoms with van der Waals surface area (Å²) in [6.07, 6.45) is 5.40. The number of nitrogens with one attached hydrogen (secondary N) is 1. The summed E-state index contributed by atoms with van der Waals surface area (Å²) in [5, 5.41) is 21.7. The molecule has 1 saturated carbocycles. The predicted molar refractivity (Wildman–Crippen MR) is 87.3 cm³/mol. The third kappa shape index (κ3) is 3.68. The van der Waals surface area contributed by atoms with Crippen molar-refractivity contribution in [2.45, 2.75) is 38.3 Å². The van der Waals surface area contributed by atoms with Crippen molar-refractivity contribution in [1.29, 1.82) is 5.26 Å². The fourth-order valence-corrected chi connectivity index (χ4v) is 3.49. The molecule has 1 fully saturated rings. The van der Waals surface area contributed by atoms with Gasteiger partial charge in [0.1, 0.15) is 0 Å². The Morgan fingerprint density at radius 3 is 2.92 bits per heavy atom. The van der Waals surface area contributed by atoms with E-state index < -0.39 is 17.6 Å². The first-order valence-electron chi connectivity index (χ1n) is 7.84. The number of aromatic nitrogens is 3. The Kier molecular flexibility index (Phi) is 5.01. The van der Waals surface area contributed by atoms with Gasteiger partial charge < -0.3 is 5.32 Å². The molecule has 1 N–H and O–H groups in total. The molecule has 2 aromatic rings. The van der Waals surface area contributed by atoms with Crippen molar-refractivity contribution in [2.75, 3.05) is 0 Å². The van der Waals surface area contributed by atoms with Crippen LogP contribution in [0.2, 0.25) is 0 Å². The Morgan fingerprint density at radius 1 is 1.46 bits per heavy atom. The van der Waals surface area contributed by atoms with Crippen LogP contribution < -0.4 is 5.32 Å². The molecule has 124 valence electrons. The van der Waals surface area contributed by atoms with E-state index in [9.17, 15) is 14.9 Å². The van der Waals surface area contributed by atoms with Gasteiger partial charge in [0.25, 0.3) is 0 Å². The molecule has 3 rings (SSSR count). The highest BCUT2D eigenvalue weighted by Gasteiger charge is 2.31. The lowest BCUT2D eigenvalue weighted by Gasteiger charge is -2.13. The van der Waals surface area contributed by atoms with E-state index in [0.717, 1.165) is 30.6 Å². The van der Waals surface area contributed by atoms with Crippen molar-refractivity contribution in [3.8, 4) is 6.07 Å². The van der Waals surface area contributed by atoms with Gasteiger partial charge in [-0.25, -0.2) is 4.68 Å². The van der Waals surface area contributed by atoms with Crippen LogP contribution in [0.4, 0.5) is 0 Å². The fraction of sp³-hybridized carbons (Fsp3) is 0.438. The first-order valence-corrected chi connectivity index (χ1v) is 8.72. The molecular formula is C16H17N5O2S. The maximum atomic E-state index is 12.4. The van der Waals surface area contributed by atoms with E-state index in [1.807, 2.05) is 17.5 Å². The molecule has 0 spiro atoms. The molecule has 8 heteroatoms. The molecule has 2 aromatic heterocycles. The van der Waals surface area contributed by atoms with Crippen LogP contribution in [-0.2, 0) is 11.3 Å². The summed E-state index contributed by atoms with van der Waals surface area (Å²) in [6.45, 7) is 0.503. The van der Waals surface area contributed by atoms with Crippen LogP contribution in [0.1, 0.15) is 41.0 Å². The van der Waals surface area contributed by atoms with Crippen molar-refractivity contribution >= 4 is 23.0 Å². The van der Waals surface area contributed by atoms with Crippen LogP contribution in [0, 0.1) is 17.2 Å². The summed E-state index contributed by atoms with van der Waals surface area (Å²) >= 11 is 1.58. The topological polar surface area (TPSA) is 101 Å². The number of rotatable bonds is 6. The van der Waals surface area contributed by atoms with Crippen molar-refractivity contribution in [3.63, 3.8) is 0 Å². The van der Waals surface area contributed by atoms with Crippen molar-refractivity contribution < 1.29 is 9.59 Å². The van der Waals surface area contributed by atoms with Gasteiger partial charge in [-0.1, -0.05) is 24.1 Å². The maximum absolute atomic E-state index is 12.4. The number of nitrogens with zero attached hydrogens (tertiary/aromatic N) is 4. The Labute approximate surface area is 143 Å². The highest BCUT2D eigenvalue weighted by molar-refractivity contribution is 7.09. The average Bonchev–Trinajstić information content (AvgIpc) is 3.30. The monoisotopic (exact) mass is 343 g/mol. The molecule has 1 atom stereocenters. The fourth-order valence-electron chi connectivity index (χ4n) is 2.79. The quantitative estimate of drug-likeness (QED) is 0.636. The summed E-state index contributed by atoms with van der Waals surface area (Å²) < 4.78 is 1.53. The smallest absolute Gasteiger partial charge is 0.245 e. The first-order chi connectivity index (χ1) is 11.7. The number of hydrogen-bond donors (Lipinski definition) is 1. The molecule has 0 aliphatic heterocycles. The molecule has 7 nitrogen and oxygen atoms in total. The van der Waals surface area contributed by atoms with E-state index >= 15 is 0 Å². The second-order valence-corrected chi connectivity index (χ2v) is 6.83. The summed E-state index contributed by atoms with van der Waals surface area (Å²) in [7, 11) is 0. The molecule has 1 aliphatic rings. The normalized spacial score (nSPS) is 15.8. The lowest BCUT2D eigenvalue weighted by Crippen LogP contribution is -2.40. The van der Waals surface area contributed by atoms with Gasteiger partial charge >= 0.3 is 0 Å². The molecule has 2 heterocycles. The summed E-state index contributed by atoms with van der Waals surface area (Å²) in [4.78, 5) is 25.7. The number of carbonyl (C=O) groups excluding carboxylic acids is 2.